The van der Waals surface area contributed by atoms with Gasteiger partial charge < -0.3 is 10.1 Å². The van der Waals surface area contributed by atoms with Crippen LogP contribution >= 0.6 is 0 Å². The molecule has 2 rings (SSSR count). The quantitative estimate of drug-likeness (QED) is 0.767. The summed E-state index contributed by atoms with van der Waals surface area (Å²) in [5, 5.41) is 3.37. The van der Waals surface area contributed by atoms with E-state index in [1.807, 2.05) is 12.3 Å². The van der Waals surface area contributed by atoms with E-state index in [9.17, 15) is 0 Å². The smallest absolute Gasteiger partial charge is 0.107 e. The van der Waals surface area contributed by atoms with Gasteiger partial charge in [0.05, 0.1) is 0 Å². The van der Waals surface area contributed by atoms with Crippen LogP contribution < -0.4 is 5.32 Å². The van der Waals surface area contributed by atoms with Crippen LogP contribution in [-0.2, 0) is 10.3 Å². The molecule has 0 aromatic carbocycles. The van der Waals surface area contributed by atoms with Gasteiger partial charge in [0, 0.05) is 31.6 Å². The average molecular weight is 192 g/mol. The van der Waals surface area contributed by atoms with Crippen molar-refractivity contribution in [3.8, 4) is 0 Å². The number of methoxy groups -OCH3 is 1. The Morgan fingerprint density at radius 3 is 3.07 bits per heavy atom. The lowest BCUT2D eigenvalue weighted by Gasteiger charge is -2.36. The molecule has 14 heavy (non-hydrogen) atoms. The summed E-state index contributed by atoms with van der Waals surface area (Å²) in [6, 6.07) is 4.05. The normalized spacial score (nSPS) is 27.5. The third-order valence-corrected chi connectivity index (χ3v) is 2.92. The molecule has 1 unspecified atom stereocenters. The zero-order valence-electron chi connectivity index (χ0n) is 8.49. The van der Waals surface area contributed by atoms with E-state index in [4.69, 9.17) is 4.74 Å². The van der Waals surface area contributed by atoms with Crippen LogP contribution in [0.2, 0.25) is 0 Å². The molecule has 76 valence electrons. The van der Waals surface area contributed by atoms with Crippen LogP contribution in [0.25, 0.3) is 0 Å². The highest BCUT2D eigenvalue weighted by atomic mass is 16.5. The van der Waals surface area contributed by atoms with Gasteiger partial charge in [-0.15, -0.1) is 0 Å². The molecule has 0 spiro atoms. The number of rotatable bonds is 2. The monoisotopic (exact) mass is 192 g/mol. The van der Waals surface area contributed by atoms with Crippen LogP contribution in [0.4, 0.5) is 0 Å². The summed E-state index contributed by atoms with van der Waals surface area (Å²) in [5.41, 5.74) is 1.02. The van der Waals surface area contributed by atoms with Gasteiger partial charge in [0.1, 0.15) is 5.60 Å². The summed E-state index contributed by atoms with van der Waals surface area (Å²) in [7, 11) is 1.78. The van der Waals surface area contributed by atoms with Crippen LogP contribution in [0, 0.1) is 0 Å². The van der Waals surface area contributed by atoms with Crippen molar-refractivity contribution in [1.82, 2.24) is 10.3 Å². The van der Waals surface area contributed by atoms with E-state index >= 15 is 0 Å². The minimum Gasteiger partial charge on any atom is -0.372 e. The summed E-state index contributed by atoms with van der Waals surface area (Å²) in [4.78, 5) is 4.15. The predicted molar refractivity (Wildman–Crippen MR) is 55.0 cm³/mol. The Labute approximate surface area is 84.5 Å². The zero-order valence-corrected chi connectivity index (χ0v) is 8.49. The van der Waals surface area contributed by atoms with Gasteiger partial charge >= 0.3 is 0 Å². The van der Waals surface area contributed by atoms with Gasteiger partial charge in [-0.1, -0.05) is 6.07 Å². The van der Waals surface area contributed by atoms with Crippen molar-refractivity contribution in [2.45, 2.75) is 18.4 Å². The Balaban J connectivity index is 2.27. The van der Waals surface area contributed by atoms with Gasteiger partial charge in [0.25, 0.3) is 0 Å². The first-order chi connectivity index (χ1) is 6.87. The van der Waals surface area contributed by atoms with Crippen LogP contribution in [0.3, 0.4) is 0 Å². The fraction of sp³-hybridized carbons (Fsp3) is 0.545. The Hall–Kier alpha value is -0.930. The Bertz CT molecular complexity index is 281. The molecule has 1 fully saturated rings. The lowest BCUT2D eigenvalue weighted by Crippen LogP contribution is -2.44. The molecule has 1 saturated heterocycles. The van der Waals surface area contributed by atoms with Crippen molar-refractivity contribution in [2.75, 3.05) is 20.2 Å². The number of piperidine rings is 1. The van der Waals surface area contributed by atoms with Crippen LogP contribution in [-0.4, -0.2) is 25.2 Å². The molecule has 0 amide bonds. The second kappa shape index (κ2) is 4.07. The van der Waals surface area contributed by atoms with Crippen molar-refractivity contribution in [3.63, 3.8) is 0 Å². The van der Waals surface area contributed by atoms with Crippen molar-refractivity contribution in [1.29, 1.82) is 0 Å². The minimum atomic E-state index is -0.160. The summed E-state index contributed by atoms with van der Waals surface area (Å²) in [5.74, 6) is 0. The van der Waals surface area contributed by atoms with E-state index in [-0.39, 0.29) is 5.60 Å². The molecule has 0 saturated carbocycles. The van der Waals surface area contributed by atoms with Crippen molar-refractivity contribution >= 4 is 0 Å². The number of ether oxygens (including phenoxy) is 1. The molecule has 0 aliphatic carbocycles. The Kier molecular flexibility index (Phi) is 2.79. The molecule has 1 aromatic rings. The maximum absolute atomic E-state index is 5.66. The first-order valence-electron chi connectivity index (χ1n) is 5.04. The molecule has 2 heterocycles. The van der Waals surface area contributed by atoms with E-state index in [1.54, 1.807) is 13.3 Å². The van der Waals surface area contributed by atoms with E-state index < -0.39 is 0 Å². The van der Waals surface area contributed by atoms with E-state index in [2.05, 4.69) is 16.4 Å². The molecular formula is C11H16N2O. The van der Waals surface area contributed by atoms with Gasteiger partial charge in [-0.05, 0) is 25.5 Å². The maximum Gasteiger partial charge on any atom is 0.107 e. The molecule has 1 aliphatic heterocycles. The number of nitrogens with one attached hydrogen (secondary N) is 1. The van der Waals surface area contributed by atoms with Crippen LogP contribution in [0.15, 0.2) is 24.5 Å². The summed E-state index contributed by atoms with van der Waals surface area (Å²) in [6.45, 7) is 1.97. The van der Waals surface area contributed by atoms with Gasteiger partial charge in [0.15, 0.2) is 0 Å². The Morgan fingerprint density at radius 1 is 1.57 bits per heavy atom. The number of aromatic nitrogens is 1. The predicted octanol–water partition coefficient (Wildman–Crippen LogP) is 1.31. The largest absolute Gasteiger partial charge is 0.372 e. The minimum absolute atomic E-state index is 0.160. The topological polar surface area (TPSA) is 34.1 Å². The van der Waals surface area contributed by atoms with Crippen molar-refractivity contribution in [2.24, 2.45) is 0 Å². The highest BCUT2D eigenvalue weighted by Crippen LogP contribution is 2.30. The molecule has 1 aliphatic rings. The van der Waals surface area contributed by atoms with Crippen molar-refractivity contribution in [3.05, 3.63) is 30.1 Å². The molecule has 0 radical (unpaired) electrons. The summed E-state index contributed by atoms with van der Waals surface area (Å²) < 4.78 is 5.66. The molecule has 1 atom stereocenters. The maximum atomic E-state index is 5.66. The molecule has 3 heteroatoms. The molecule has 0 bridgehead atoms. The molecule has 3 nitrogen and oxygen atoms in total. The highest BCUT2D eigenvalue weighted by molar-refractivity contribution is 5.20. The third kappa shape index (κ3) is 1.65. The standard InChI is InChI=1S/C11H16N2O/c1-14-11(5-3-7-13-9-11)10-4-2-6-12-8-10/h2,4,6,8,13H,3,5,7,9H2,1H3. The van der Waals surface area contributed by atoms with Crippen LogP contribution in [0.1, 0.15) is 18.4 Å². The molecule has 1 N–H and O–H groups in total. The first kappa shape index (κ1) is 9.62. The van der Waals surface area contributed by atoms with Gasteiger partial charge in [-0.25, -0.2) is 0 Å². The average Bonchev–Trinajstić information content (AvgIpc) is 2.31. The highest BCUT2D eigenvalue weighted by Gasteiger charge is 2.33. The van der Waals surface area contributed by atoms with Gasteiger partial charge in [0.2, 0.25) is 0 Å². The molecule has 1 aromatic heterocycles. The summed E-state index contributed by atoms with van der Waals surface area (Å²) in [6.07, 6.45) is 5.92. The second-order valence-electron chi connectivity index (χ2n) is 3.72. The third-order valence-electron chi connectivity index (χ3n) is 2.92. The zero-order chi connectivity index (χ0) is 9.86. The number of hydrogen-bond acceptors (Lipinski definition) is 3. The fourth-order valence-electron chi connectivity index (χ4n) is 2.05. The number of hydrogen-bond donors (Lipinski definition) is 1. The van der Waals surface area contributed by atoms with Crippen LogP contribution in [0.5, 0.6) is 0 Å². The SMILES string of the molecule is COC1(c2cccnc2)CCCNC1. The van der Waals surface area contributed by atoms with E-state index in [0.717, 1.165) is 25.9 Å². The van der Waals surface area contributed by atoms with Gasteiger partial charge in [-0.2, -0.15) is 0 Å². The lowest BCUT2D eigenvalue weighted by atomic mass is 9.87. The number of nitrogens with zero attached hydrogens (tertiary/aromatic N) is 1. The number of pyridine rings is 1. The molecular weight excluding hydrogens is 176 g/mol. The van der Waals surface area contributed by atoms with E-state index in [0.29, 0.717) is 0 Å². The van der Waals surface area contributed by atoms with E-state index in [1.165, 1.54) is 5.56 Å². The van der Waals surface area contributed by atoms with Gasteiger partial charge in [-0.3, -0.25) is 4.98 Å². The Morgan fingerprint density at radius 2 is 2.50 bits per heavy atom. The van der Waals surface area contributed by atoms with Crippen molar-refractivity contribution < 1.29 is 4.74 Å². The fourth-order valence-corrected chi connectivity index (χ4v) is 2.05. The lowest BCUT2D eigenvalue weighted by molar-refractivity contribution is -0.0335. The second-order valence-corrected chi connectivity index (χ2v) is 3.72. The summed E-state index contributed by atoms with van der Waals surface area (Å²) >= 11 is 0. The first-order valence-corrected chi connectivity index (χ1v) is 5.04.